The monoisotopic (exact) mass is 405 g/mol. The Morgan fingerprint density at radius 2 is 1.57 bits per heavy atom. The normalized spacial score (nSPS) is 10.5. The van der Waals surface area contributed by atoms with Gasteiger partial charge in [0.05, 0.1) is 6.26 Å². The van der Waals surface area contributed by atoms with E-state index in [1.807, 2.05) is 6.92 Å². The lowest BCUT2D eigenvalue weighted by atomic mass is 10.1. The molecule has 3 aromatic rings. The summed E-state index contributed by atoms with van der Waals surface area (Å²) in [5, 5.41) is 8.36. The largest absolute Gasteiger partial charge is 0.459 e. The molecule has 0 unspecified atom stereocenters. The number of anilines is 3. The van der Waals surface area contributed by atoms with Gasteiger partial charge in [-0.1, -0.05) is 26.0 Å². The molecular formula is C23H23N3O4. The highest BCUT2D eigenvalue weighted by Crippen LogP contribution is 2.21. The van der Waals surface area contributed by atoms with Gasteiger partial charge < -0.3 is 20.4 Å². The zero-order chi connectivity index (χ0) is 21.7. The van der Waals surface area contributed by atoms with E-state index < -0.39 is 5.91 Å². The first-order valence-corrected chi connectivity index (χ1v) is 9.51. The van der Waals surface area contributed by atoms with Crippen molar-refractivity contribution < 1.29 is 18.8 Å². The molecule has 0 aliphatic rings. The van der Waals surface area contributed by atoms with Crippen LogP contribution in [0, 0.1) is 12.8 Å². The predicted octanol–water partition coefficient (Wildman–Crippen LogP) is 4.69. The number of rotatable bonds is 6. The SMILES string of the molecule is Cc1ccc(C(=O)Nc2cccc(NC(=O)C(C)C)c2)cc1NC(=O)c1ccco1. The molecule has 0 aliphatic heterocycles. The molecule has 0 radical (unpaired) electrons. The molecule has 0 saturated carbocycles. The van der Waals surface area contributed by atoms with Gasteiger partial charge >= 0.3 is 0 Å². The summed E-state index contributed by atoms with van der Waals surface area (Å²) in [7, 11) is 0. The van der Waals surface area contributed by atoms with E-state index in [2.05, 4.69) is 16.0 Å². The molecule has 154 valence electrons. The van der Waals surface area contributed by atoms with Crippen molar-refractivity contribution in [2.45, 2.75) is 20.8 Å². The number of hydrogen-bond donors (Lipinski definition) is 3. The highest BCUT2D eigenvalue weighted by atomic mass is 16.3. The summed E-state index contributed by atoms with van der Waals surface area (Å²) in [6.07, 6.45) is 1.42. The van der Waals surface area contributed by atoms with E-state index >= 15 is 0 Å². The predicted molar refractivity (Wildman–Crippen MR) is 116 cm³/mol. The van der Waals surface area contributed by atoms with E-state index in [-0.39, 0.29) is 23.5 Å². The van der Waals surface area contributed by atoms with Gasteiger partial charge in [-0.3, -0.25) is 14.4 Å². The number of hydrogen-bond acceptors (Lipinski definition) is 4. The second-order valence-corrected chi connectivity index (χ2v) is 7.14. The minimum atomic E-state index is -0.394. The molecule has 0 atom stereocenters. The van der Waals surface area contributed by atoms with Crippen molar-refractivity contribution >= 4 is 34.8 Å². The second-order valence-electron chi connectivity index (χ2n) is 7.14. The number of amides is 3. The van der Waals surface area contributed by atoms with Crippen molar-refractivity contribution in [3.8, 4) is 0 Å². The van der Waals surface area contributed by atoms with Gasteiger partial charge in [0.2, 0.25) is 5.91 Å². The lowest BCUT2D eigenvalue weighted by Crippen LogP contribution is -2.18. The molecule has 0 saturated heterocycles. The van der Waals surface area contributed by atoms with Crippen LogP contribution >= 0.6 is 0 Å². The summed E-state index contributed by atoms with van der Waals surface area (Å²) in [6, 6.07) is 15.2. The number of benzene rings is 2. The first-order chi connectivity index (χ1) is 14.3. The van der Waals surface area contributed by atoms with Gasteiger partial charge in [-0.25, -0.2) is 0 Å². The zero-order valence-electron chi connectivity index (χ0n) is 17.0. The number of carbonyl (C=O) groups excluding carboxylic acids is 3. The van der Waals surface area contributed by atoms with Gasteiger partial charge in [-0.05, 0) is 55.0 Å². The highest BCUT2D eigenvalue weighted by molar-refractivity contribution is 6.07. The van der Waals surface area contributed by atoms with Gasteiger partial charge in [0.15, 0.2) is 5.76 Å². The molecule has 0 spiro atoms. The molecule has 7 heteroatoms. The Kier molecular flexibility index (Phi) is 6.32. The van der Waals surface area contributed by atoms with Crippen molar-refractivity contribution in [3.05, 3.63) is 77.7 Å². The van der Waals surface area contributed by atoms with Crippen LogP contribution in [-0.4, -0.2) is 17.7 Å². The molecule has 0 fully saturated rings. The van der Waals surface area contributed by atoms with E-state index in [1.54, 1.807) is 68.4 Å². The Bertz CT molecular complexity index is 1070. The first kappa shape index (κ1) is 20.9. The Labute approximate surface area is 174 Å². The van der Waals surface area contributed by atoms with Crippen LogP contribution in [0.15, 0.2) is 65.3 Å². The Balaban J connectivity index is 1.73. The van der Waals surface area contributed by atoms with E-state index in [1.165, 1.54) is 6.26 Å². The van der Waals surface area contributed by atoms with E-state index in [0.717, 1.165) is 5.56 Å². The van der Waals surface area contributed by atoms with Crippen LogP contribution in [0.1, 0.15) is 40.3 Å². The summed E-state index contributed by atoms with van der Waals surface area (Å²) < 4.78 is 5.10. The summed E-state index contributed by atoms with van der Waals surface area (Å²) in [4.78, 5) is 36.8. The van der Waals surface area contributed by atoms with Gasteiger partial charge in [0, 0.05) is 28.5 Å². The summed E-state index contributed by atoms with van der Waals surface area (Å²) in [6.45, 7) is 5.45. The lowest BCUT2D eigenvalue weighted by Gasteiger charge is -2.12. The third kappa shape index (κ3) is 5.14. The molecule has 0 aliphatic carbocycles. The quantitative estimate of drug-likeness (QED) is 0.554. The van der Waals surface area contributed by atoms with E-state index in [9.17, 15) is 14.4 Å². The number of nitrogens with one attached hydrogen (secondary N) is 3. The molecule has 30 heavy (non-hydrogen) atoms. The fraction of sp³-hybridized carbons (Fsp3) is 0.174. The molecule has 3 amide bonds. The smallest absolute Gasteiger partial charge is 0.291 e. The molecule has 2 aromatic carbocycles. The molecule has 3 N–H and O–H groups in total. The van der Waals surface area contributed by atoms with Crippen LogP contribution in [0.3, 0.4) is 0 Å². The van der Waals surface area contributed by atoms with E-state index in [4.69, 9.17) is 4.42 Å². The van der Waals surface area contributed by atoms with Gasteiger partial charge in [0.1, 0.15) is 0 Å². The van der Waals surface area contributed by atoms with Crippen LogP contribution in [0.25, 0.3) is 0 Å². The van der Waals surface area contributed by atoms with Crippen LogP contribution in [0.4, 0.5) is 17.1 Å². The van der Waals surface area contributed by atoms with Crippen LogP contribution in [0.2, 0.25) is 0 Å². The first-order valence-electron chi connectivity index (χ1n) is 9.51. The summed E-state index contributed by atoms with van der Waals surface area (Å²) >= 11 is 0. The number of furan rings is 1. The topological polar surface area (TPSA) is 100 Å². The summed E-state index contributed by atoms with van der Waals surface area (Å²) in [5.74, 6) is -0.797. The molecule has 1 aromatic heterocycles. The second kappa shape index (κ2) is 9.09. The minimum absolute atomic E-state index is 0.103. The van der Waals surface area contributed by atoms with Crippen molar-refractivity contribution in [1.29, 1.82) is 0 Å². The standard InChI is InChI=1S/C23H23N3O4/c1-14(2)21(27)24-17-6-4-7-18(13-17)25-22(28)16-10-9-15(3)19(12-16)26-23(29)20-8-5-11-30-20/h4-14H,1-3H3,(H,24,27)(H,25,28)(H,26,29). The average molecular weight is 405 g/mol. The van der Waals surface area contributed by atoms with Crippen LogP contribution in [-0.2, 0) is 4.79 Å². The molecule has 7 nitrogen and oxygen atoms in total. The van der Waals surface area contributed by atoms with Crippen LogP contribution in [0.5, 0.6) is 0 Å². The van der Waals surface area contributed by atoms with Crippen molar-refractivity contribution in [2.75, 3.05) is 16.0 Å². The van der Waals surface area contributed by atoms with Crippen molar-refractivity contribution in [2.24, 2.45) is 5.92 Å². The van der Waals surface area contributed by atoms with Gasteiger partial charge in [-0.2, -0.15) is 0 Å². The highest BCUT2D eigenvalue weighted by Gasteiger charge is 2.14. The van der Waals surface area contributed by atoms with E-state index in [0.29, 0.717) is 22.6 Å². The Hall–Kier alpha value is -3.87. The maximum atomic E-state index is 12.7. The lowest BCUT2D eigenvalue weighted by molar-refractivity contribution is -0.118. The third-order valence-corrected chi connectivity index (χ3v) is 4.41. The third-order valence-electron chi connectivity index (χ3n) is 4.41. The van der Waals surface area contributed by atoms with Crippen LogP contribution < -0.4 is 16.0 Å². The maximum absolute atomic E-state index is 12.7. The molecular weight excluding hydrogens is 382 g/mol. The van der Waals surface area contributed by atoms with Crippen molar-refractivity contribution in [3.63, 3.8) is 0 Å². The fourth-order valence-corrected chi connectivity index (χ4v) is 2.65. The Morgan fingerprint density at radius 1 is 0.833 bits per heavy atom. The van der Waals surface area contributed by atoms with Crippen molar-refractivity contribution in [1.82, 2.24) is 0 Å². The molecule has 1 heterocycles. The van der Waals surface area contributed by atoms with Gasteiger partial charge in [0.25, 0.3) is 11.8 Å². The molecule has 3 rings (SSSR count). The number of aryl methyl sites for hydroxylation is 1. The van der Waals surface area contributed by atoms with Gasteiger partial charge in [-0.15, -0.1) is 0 Å². The minimum Gasteiger partial charge on any atom is -0.459 e. The summed E-state index contributed by atoms with van der Waals surface area (Å²) in [5.41, 5.74) is 2.85. The maximum Gasteiger partial charge on any atom is 0.291 e. The number of carbonyl (C=O) groups is 3. The molecule has 0 bridgehead atoms. The Morgan fingerprint density at radius 3 is 2.23 bits per heavy atom. The fourth-order valence-electron chi connectivity index (χ4n) is 2.65. The average Bonchev–Trinajstić information content (AvgIpc) is 3.24. The zero-order valence-corrected chi connectivity index (χ0v) is 17.0.